The number of hydrogen-bond acceptors (Lipinski definition) is 1. The second kappa shape index (κ2) is 4.92. The zero-order valence-corrected chi connectivity index (χ0v) is 9.22. The highest BCUT2D eigenvalue weighted by Crippen LogP contribution is 2.39. The van der Waals surface area contributed by atoms with Crippen molar-refractivity contribution in [3.8, 4) is 0 Å². The highest BCUT2D eigenvalue weighted by atomic mass is 19.1. The molecule has 0 aromatic rings. The maximum atomic E-state index is 13.9. The summed E-state index contributed by atoms with van der Waals surface area (Å²) in [4.78, 5) is 0. The van der Waals surface area contributed by atoms with Gasteiger partial charge in [0, 0.05) is 5.41 Å². The Morgan fingerprint density at radius 1 is 1.64 bits per heavy atom. The van der Waals surface area contributed by atoms with E-state index in [1.807, 2.05) is 19.9 Å². The monoisotopic (exact) mass is 200 g/mol. The van der Waals surface area contributed by atoms with E-state index < -0.39 is 11.6 Å². The van der Waals surface area contributed by atoms with E-state index in [9.17, 15) is 9.50 Å². The molecule has 0 aromatic carbocycles. The van der Waals surface area contributed by atoms with Crippen molar-refractivity contribution in [3.05, 3.63) is 11.6 Å². The van der Waals surface area contributed by atoms with Crippen LogP contribution in [0.5, 0.6) is 0 Å². The van der Waals surface area contributed by atoms with Gasteiger partial charge in [-0.3, -0.25) is 0 Å². The first-order valence-corrected chi connectivity index (χ1v) is 5.58. The molecule has 1 rings (SSSR count). The lowest BCUT2D eigenvalue weighted by atomic mass is 9.72. The lowest BCUT2D eigenvalue weighted by Gasteiger charge is -2.35. The molecule has 0 fully saturated rings. The lowest BCUT2D eigenvalue weighted by molar-refractivity contribution is 0.0562. The van der Waals surface area contributed by atoms with E-state index >= 15 is 0 Å². The maximum Gasteiger partial charge on any atom is 0.111 e. The predicted molar refractivity (Wildman–Crippen MR) is 56.9 cm³/mol. The summed E-state index contributed by atoms with van der Waals surface area (Å²) >= 11 is 0. The van der Waals surface area contributed by atoms with E-state index in [4.69, 9.17) is 0 Å². The third kappa shape index (κ3) is 2.35. The molecular formula is C12H21FO. The van der Waals surface area contributed by atoms with Crippen LogP contribution in [0.15, 0.2) is 11.6 Å². The first-order valence-electron chi connectivity index (χ1n) is 5.58. The van der Waals surface area contributed by atoms with Crippen molar-refractivity contribution in [2.45, 2.75) is 52.1 Å². The van der Waals surface area contributed by atoms with Gasteiger partial charge in [0.15, 0.2) is 0 Å². The van der Waals surface area contributed by atoms with Crippen LogP contribution in [0.1, 0.15) is 46.0 Å². The smallest absolute Gasteiger partial charge is 0.111 e. The zero-order valence-electron chi connectivity index (χ0n) is 9.22. The van der Waals surface area contributed by atoms with E-state index in [2.05, 4.69) is 0 Å². The highest BCUT2D eigenvalue weighted by Gasteiger charge is 2.37. The fourth-order valence-electron chi connectivity index (χ4n) is 2.34. The molecule has 0 amide bonds. The summed E-state index contributed by atoms with van der Waals surface area (Å²) in [6.07, 6.45) is 5.35. The summed E-state index contributed by atoms with van der Waals surface area (Å²) in [7, 11) is 0. The van der Waals surface area contributed by atoms with Crippen molar-refractivity contribution in [1.29, 1.82) is 0 Å². The van der Waals surface area contributed by atoms with Crippen LogP contribution in [0.3, 0.4) is 0 Å². The minimum Gasteiger partial charge on any atom is -0.395 e. The van der Waals surface area contributed by atoms with Crippen LogP contribution in [0, 0.1) is 5.41 Å². The van der Waals surface area contributed by atoms with Crippen molar-refractivity contribution in [3.63, 3.8) is 0 Å². The van der Waals surface area contributed by atoms with E-state index in [1.54, 1.807) is 0 Å². The van der Waals surface area contributed by atoms with Gasteiger partial charge >= 0.3 is 0 Å². The van der Waals surface area contributed by atoms with Crippen LogP contribution in [0.4, 0.5) is 4.39 Å². The molecule has 2 atom stereocenters. The Balaban J connectivity index is 2.79. The van der Waals surface area contributed by atoms with Crippen molar-refractivity contribution in [2.24, 2.45) is 5.41 Å². The first-order chi connectivity index (χ1) is 6.64. The standard InChI is InChI=1S/C12H21FO/c1-3-5-11(13)12(9-14)7-4-6-10(2)8-12/h8,11,14H,3-7,9H2,1-2H3/t11-,12-/m0/s1. The molecule has 2 heteroatoms. The number of allylic oxidation sites excluding steroid dienone is 1. The van der Waals surface area contributed by atoms with Gasteiger partial charge in [-0.2, -0.15) is 0 Å². The molecule has 0 aromatic heterocycles. The molecule has 14 heavy (non-hydrogen) atoms. The molecule has 0 spiro atoms. The molecule has 82 valence electrons. The average Bonchev–Trinajstić information content (AvgIpc) is 2.18. The zero-order chi connectivity index (χ0) is 10.6. The summed E-state index contributed by atoms with van der Waals surface area (Å²) in [5.74, 6) is 0. The summed E-state index contributed by atoms with van der Waals surface area (Å²) in [5, 5.41) is 9.37. The van der Waals surface area contributed by atoms with Crippen LogP contribution < -0.4 is 0 Å². The van der Waals surface area contributed by atoms with Gasteiger partial charge in [-0.1, -0.05) is 25.0 Å². The van der Waals surface area contributed by atoms with Crippen molar-refractivity contribution in [1.82, 2.24) is 0 Å². The number of alkyl halides is 1. The third-order valence-electron chi connectivity index (χ3n) is 3.21. The molecule has 1 N–H and O–H groups in total. The van der Waals surface area contributed by atoms with Crippen molar-refractivity contribution >= 4 is 0 Å². The Morgan fingerprint density at radius 3 is 2.86 bits per heavy atom. The SMILES string of the molecule is CCC[C@H](F)[C@]1(CO)C=C(C)CCC1. The second-order valence-electron chi connectivity index (χ2n) is 4.49. The Bertz CT molecular complexity index is 212. The minimum absolute atomic E-state index is 0.0501. The van der Waals surface area contributed by atoms with E-state index in [-0.39, 0.29) is 6.61 Å². The summed E-state index contributed by atoms with van der Waals surface area (Å²) in [6, 6.07) is 0. The predicted octanol–water partition coefficient (Wildman–Crippen LogP) is 3.23. The number of rotatable bonds is 4. The molecule has 0 saturated carbocycles. The molecule has 1 aliphatic rings. The van der Waals surface area contributed by atoms with E-state index in [0.717, 1.165) is 25.7 Å². The highest BCUT2D eigenvalue weighted by molar-refractivity contribution is 5.14. The molecule has 0 saturated heterocycles. The van der Waals surface area contributed by atoms with E-state index in [1.165, 1.54) is 5.57 Å². The fourth-order valence-corrected chi connectivity index (χ4v) is 2.34. The average molecular weight is 200 g/mol. The molecule has 1 nitrogen and oxygen atoms in total. The normalized spacial score (nSPS) is 29.9. The molecular weight excluding hydrogens is 179 g/mol. The van der Waals surface area contributed by atoms with Gasteiger partial charge in [0.1, 0.15) is 6.17 Å². The summed E-state index contributed by atoms with van der Waals surface area (Å²) in [5.41, 5.74) is 0.655. The number of hydrogen-bond donors (Lipinski definition) is 1. The summed E-state index contributed by atoms with van der Waals surface area (Å²) in [6.45, 7) is 3.96. The van der Waals surface area contributed by atoms with Crippen LogP contribution in [0.25, 0.3) is 0 Å². The Hall–Kier alpha value is -0.370. The van der Waals surface area contributed by atoms with Crippen LogP contribution >= 0.6 is 0 Å². The molecule has 1 aliphatic carbocycles. The molecule has 0 unspecified atom stereocenters. The summed E-state index contributed by atoms with van der Waals surface area (Å²) < 4.78 is 13.9. The Kier molecular flexibility index (Phi) is 4.11. The van der Waals surface area contributed by atoms with Gasteiger partial charge in [0.05, 0.1) is 6.61 Å². The molecule has 0 heterocycles. The number of aliphatic hydroxyl groups is 1. The topological polar surface area (TPSA) is 20.2 Å². The quantitative estimate of drug-likeness (QED) is 0.691. The first kappa shape index (κ1) is 11.7. The third-order valence-corrected chi connectivity index (χ3v) is 3.21. The van der Waals surface area contributed by atoms with Gasteiger partial charge < -0.3 is 5.11 Å². The van der Waals surface area contributed by atoms with Crippen LogP contribution in [-0.2, 0) is 0 Å². The van der Waals surface area contributed by atoms with Crippen molar-refractivity contribution in [2.75, 3.05) is 6.61 Å². The van der Waals surface area contributed by atoms with Crippen molar-refractivity contribution < 1.29 is 9.50 Å². The largest absolute Gasteiger partial charge is 0.395 e. The molecule has 0 radical (unpaired) electrons. The molecule has 0 bridgehead atoms. The minimum atomic E-state index is -0.882. The molecule has 0 aliphatic heterocycles. The van der Waals surface area contributed by atoms with Gasteiger partial charge in [0.25, 0.3) is 0 Å². The fraction of sp³-hybridized carbons (Fsp3) is 0.833. The van der Waals surface area contributed by atoms with Gasteiger partial charge in [0.2, 0.25) is 0 Å². The van der Waals surface area contributed by atoms with Crippen LogP contribution in [0.2, 0.25) is 0 Å². The number of halogens is 1. The van der Waals surface area contributed by atoms with Gasteiger partial charge in [-0.25, -0.2) is 4.39 Å². The maximum absolute atomic E-state index is 13.9. The van der Waals surface area contributed by atoms with Crippen LogP contribution in [-0.4, -0.2) is 17.9 Å². The van der Waals surface area contributed by atoms with E-state index in [0.29, 0.717) is 6.42 Å². The number of aliphatic hydroxyl groups excluding tert-OH is 1. The lowest BCUT2D eigenvalue weighted by Crippen LogP contribution is -2.36. The Morgan fingerprint density at radius 2 is 2.36 bits per heavy atom. The Labute approximate surface area is 86.0 Å². The van der Waals surface area contributed by atoms with Gasteiger partial charge in [-0.15, -0.1) is 0 Å². The van der Waals surface area contributed by atoms with Gasteiger partial charge in [-0.05, 0) is 32.6 Å². The second-order valence-corrected chi connectivity index (χ2v) is 4.49.